The van der Waals surface area contributed by atoms with Gasteiger partial charge in [-0.3, -0.25) is 4.79 Å². The number of rotatable bonds is 0. The summed E-state index contributed by atoms with van der Waals surface area (Å²) in [5.41, 5.74) is 0. The van der Waals surface area contributed by atoms with Gasteiger partial charge in [-0.05, 0) is 26.3 Å². The van der Waals surface area contributed by atoms with Gasteiger partial charge in [-0.2, -0.15) is 0 Å². The maximum absolute atomic E-state index is 9.00. The Kier molecular flexibility index (Phi) is 4.94. The Morgan fingerprint density at radius 1 is 1.70 bits per heavy atom. The molecule has 1 aliphatic rings. The van der Waals surface area contributed by atoms with Crippen LogP contribution in [0.15, 0.2) is 0 Å². The molecular formula is C7H15NO2. The smallest absolute Gasteiger partial charge is 0.300 e. The van der Waals surface area contributed by atoms with Gasteiger partial charge in [-0.1, -0.05) is 0 Å². The van der Waals surface area contributed by atoms with E-state index in [1.165, 1.54) is 19.4 Å². The third-order valence-corrected chi connectivity index (χ3v) is 1.31. The minimum Gasteiger partial charge on any atom is -0.481 e. The highest BCUT2D eigenvalue weighted by Crippen LogP contribution is 2.01. The molecule has 1 atom stereocenters. The molecule has 1 fully saturated rings. The summed E-state index contributed by atoms with van der Waals surface area (Å²) < 4.78 is 0. The van der Waals surface area contributed by atoms with Crippen LogP contribution < -0.4 is 5.32 Å². The first kappa shape index (κ1) is 9.43. The molecule has 60 valence electrons. The third-order valence-electron chi connectivity index (χ3n) is 1.31. The van der Waals surface area contributed by atoms with E-state index in [0.717, 1.165) is 13.0 Å². The summed E-state index contributed by atoms with van der Waals surface area (Å²) in [5, 5.41) is 10.7. The average molecular weight is 145 g/mol. The van der Waals surface area contributed by atoms with Gasteiger partial charge in [0.25, 0.3) is 5.97 Å². The van der Waals surface area contributed by atoms with Crippen molar-refractivity contribution in [2.75, 3.05) is 6.54 Å². The summed E-state index contributed by atoms with van der Waals surface area (Å²) in [7, 11) is 0. The highest BCUT2D eigenvalue weighted by atomic mass is 16.4. The molecule has 0 bridgehead atoms. The van der Waals surface area contributed by atoms with Gasteiger partial charge in [0.1, 0.15) is 0 Å². The van der Waals surface area contributed by atoms with Crippen molar-refractivity contribution in [2.45, 2.75) is 32.7 Å². The van der Waals surface area contributed by atoms with E-state index in [0.29, 0.717) is 0 Å². The van der Waals surface area contributed by atoms with E-state index >= 15 is 0 Å². The lowest BCUT2D eigenvalue weighted by Crippen LogP contribution is -2.16. The molecule has 1 heterocycles. The van der Waals surface area contributed by atoms with E-state index in [4.69, 9.17) is 9.90 Å². The molecule has 1 aliphatic heterocycles. The van der Waals surface area contributed by atoms with E-state index in [1.54, 1.807) is 0 Å². The number of nitrogens with one attached hydrogen (secondary N) is 1. The molecule has 0 aromatic rings. The van der Waals surface area contributed by atoms with E-state index in [2.05, 4.69) is 12.2 Å². The Labute approximate surface area is 61.4 Å². The number of hydrogen-bond donors (Lipinski definition) is 2. The molecule has 0 spiro atoms. The Bertz CT molecular complexity index is 93.8. The maximum Gasteiger partial charge on any atom is 0.300 e. The van der Waals surface area contributed by atoms with Gasteiger partial charge < -0.3 is 10.4 Å². The second kappa shape index (κ2) is 5.23. The van der Waals surface area contributed by atoms with Crippen LogP contribution in [0.4, 0.5) is 0 Å². The zero-order valence-corrected chi connectivity index (χ0v) is 6.55. The number of carboxylic acids is 1. The Morgan fingerprint density at radius 3 is 2.30 bits per heavy atom. The summed E-state index contributed by atoms with van der Waals surface area (Å²) in [6, 6.07) is 0.796. The van der Waals surface area contributed by atoms with Crippen LogP contribution in [0.25, 0.3) is 0 Å². The van der Waals surface area contributed by atoms with Crippen LogP contribution in [-0.4, -0.2) is 23.7 Å². The third kappa shape index (κ3) is 7.43. The van der Waals surface area contributed by atoms with Crippen molar-refractivity contribution >= 4 is 5.97 Å². The van der Waals surface area contributed by atoms with Crippen LogP contribution >= 0.6 is 0 Å². The lowest BCUT2D eigenvalue weighted by molar-refractivity contribution is -0.134. The van der Waals surface area contributed by atoms with Gasteiger partial charge >= 0.3 is 0 Å². The van der Waals surface area contributed by atoms with E-state index in [9.17, 15) is 0 Å². The standard InChI is InChI=1S/C5H11N.C2H4O2/c1-5-3-2-4-6-5;1-2(3)4/h5-6H,2-4H2,1H3;1H3,(H,3,4). The first-order valence-corrected chi connectivity index (χ1v) is 3.56. The molecule has 0 radical (unpaired) electrons. The van der Waals surface area contributed by atoms with E-state index in [-0.39, 0.29) is 0 Å². The SMILES string of the molecule is CC(=O)O.CC1CCCN1. The first-order valence-electron chi connectivity index (χ1n) is 3.56. The molecule has 1 unspecified atom stereocenters. The number of carbonyl (C=O) groups is 1. The van der Waals surface area contributed by atoms with Crippen molar-refractivity contribution in [2.24, 2.45) is 0 Å². The van der Waals surface area contributed by atoms with Gasteiger partial charge in [-0.15, -0.1) is 0 Å². The summed E-state index contributed by atoms with van der Waals surface area (Å²) in [5.74, 6) is -0.833. The monoisotopic (exact) mass is 145 g/mol. The predicted octanol–water partition coefficient (Wildman–Crippen LogP) is 0.849. The van der Waals surface area contributed by atoms with Gasteiger partial charge in [0.05, 0.1) is 0 Å². The molecule has 10 heavy (non-hydrogen) atoms. The maximum atomic E-state index is 9.00. The molecular weight excluding hydrogens is 130 g/mol. The molecule has 0 saturated carbocycles. The van der Waals surface area contributed by atoms with E-state index < -0.39 is 5.97 Å². The van der Waals surface area contributed by atoms with Crippen LogP contribution in [-0.2, 0) is 4.79 Å². The second-order valence-corrected chi connectivity index (χ2v) is 2.52. The predicted molar refractivity (Wildman–Crippen MR) is 40.0 cm³/mol. The minimum absolute atomic E-state index is 0.796. The summed E-state index contributed by atoms with van der Waals surface area (Å²) in [6.45, 7) is 4.55. The van der Waals surface area contributed by atoms with Crippen molar-refractivity contribution in [3.05, 3.63) is 0 Å². The molecule has 0 aliphatic carbocycles. The normalized spacial score (nSPS) is 23.2. The zero-order chi connectivity index (χ0) is 7.98. The second-order valence-electron chi connectivity index (χ2n) is 2.52. The van der Waals surface area contributed by atoms with Gasteiger partial charge in [0.15, 0.2) is 0 Å². The summed E-state index contributed by atoms with van der Waals surface area (Å²) in [4.78, 5) is 9.00. The molecule has 3 nitrogen and oxygen atoms in total. The fourth-order valence-corrected chi connectivity index (χ4v) is 0.859. The van der Waals surface area contributed by atoms with Gasteiger partial charge in [0, 0.05) is 13.0 Å². The van der Waals surface area contributed by atoms with Crippen LogP contribution in [0.5, 0.6) is 0 Å². The Hall–Kier alpha value is -0.570. The average Bonchev–Trinajstić information content (AvgIpc) is 2.15. The lowest BCUT2D eigenvalue weighted by Gasteiger charge is -1.95. The minimum atomic E-state index is -0.833. The quantitative estimate of drug-likeness (QED) is 0.531. The molecule has 2 N–H and O–H groups in total. The fraction of sp³-hybridized carbons (Fsp3) is 0.857. The van der Waals surface area contributed by atoms with E-state index in [1.807, 2.05) is 0 Å². The highest BCUT2D eigenvalue weighted by molar-refractivity contribution is 5.62. The van der Waals surface area contributed by atoms with Crippen molar-refractivity contribution in [3.8, 4) is 0 Å². The Morgan fingerprint density at radius 2 is 2.20 bits per heavy atom. The fourth-order valence-electron chi connectivity index (χ4n) is 0.859. The van der Waals surface area contributed by atoms with Crippen molar-refractivity contribution in [1.82, 2.24) is 5.32 Å². The highest BCUT2D eigenvalue weighted by Gasteiger charge is 2.05. The van der Waals surface area contributed by atoms with Crippen molar-refractivity contribution in [3.63, 3.8) is 0 Å². The summed E-state index contributed by atoms with van der Waals surface area (Å²) in [6.07, 6.45) is 2.75. The molecule has 1 rings (SSSR count). The number of carboxylic acid groups (broad SMARTS) is 1. The van der Waals surface area contributed by atoms with Crippen LogP contribution in [0.1, 0.15) is 26.7 Å². The molecule has 0 aromatic carbocycles. The van der Waals surface area contributed by atoms with Crippen LogP contribution in [0.2, 0.25) is 0 Å². The van der Waals surface area contributed by atoms with Gasteiger partial charge in [-0.25, -0.2) is 0 Å². The molecule has 0 amide bonds. The van der Waals surface area contributed by atoms with Gasteiger partial charge in [0.2, 0.25) is 0 Å². The summed E-state index contributed by atoms with van der Waals surface area (Å²) >= 11 is 0. The van der Waals surface area contributed by atoms with Crippen LogP contribution in [0.3, 0.4) is 0 Å². The Balaban J connectivity index is 0.000000180. The molecule has 0 aromatic heterocycles. The number of aliphatic carboxylic acids is 1. The van der Waals surface area contributed by atoms with Crippen LogP contribution in [0, 0.1) is 0 Å². The zero-order valence-electron chi connectivity index (χ0n) is 6.55. The van der Waals surface area contributed by atoms with Crippen molar-refractivity contribution in [1.29, 1.82) is 0 Å². The first-order chi connectivity index (χ1) is 4.63. The largest absolute Gasteiger partial charge is 0.481 e. The lowest BCUT2D eigenvalue weighted by atomic mass is 10.3. The molecule has 1 saturated heterocycles. The molecule has 3 heteroatoms. The topological polar surface area (TPSA) is 49.3 Å². The van der Waals surface area contributed by atoms with Crippen molar-refractivity contribution < 1.29 is 9.90 Å². The number of hydrogen-bond acceptors (Lipinski definition) is 2.